The van der Waals surface area contributed by atoms with Crippen LogP contribution in [0.25, 0.3) is 0 Å². The summed E-state index contributed by atoms with van der Waals surface area (Å²) in [4.78, 5) is 29.3. The number of nitrogens with zero attached hydrogens (tertiary/aromatic N) is 1. The van der Waals surface area contributed by atoms with E-state index in [9.17, 15) is 9.59 Å². The van der Waals surface area contributed by atoms with Crippen LogP contribution in [0.3, 0.4) is 0 Å². The molecular weight excluding hydrogens is 362 g/mol. The third-order valence-electron chi connectivity index (χ3n) is 5.57. The van der Waals surface area contributed by atoms with E-state index >= 15 is 0 Å². The first-order valence-corrected chi connectivity index (χ1v) is 9.86. The van der Waals surface area contributed by atoms with Crippen LogP contribution >= 0.6 is 11.6 Å². The molecule has 2 heterocycles. The average Bonchev–Trinajstić information content (AvgIpc) is 2.92. The second-order valence-electron chi connectivity index (χ2n) is 7.36. The third-order valence-corrected chi connectivity index (χ3v) is 5.81. The molecule has 140 valence electrons. The lowest BCUT2D eigenvalue weighted by molar-refractivity contribution is -1.02. The molecule has 2 aliphatic heterocycles. The van der Waals surface area contributed by atoms with Crippen LogP contribution < -0.4 is 9.80 Å². The van der Waals surface area contributed by atoms with E-state index in [1.807, 2.05) is 18.2 Å². The molecule has 0 aromatic heterocycles. The lowest BCUT2D eigenvalue weighted by Gasteiger charge is -2.30. The maximum absolute atomic E-state index is 12.4. The Morgan fingerprint density at radius 3 is 2.11 bits per heavy atom. The Hall–Kier alpha value is -2.21. The topological polar surface area (TPSA) is 46.3 Å². The second-order valence-corrected chi connectivity index (χ2v) is 7.80. The summed E-state index contributed by atoms with van der Waals surface area (Å²) in [7, 11) is 0. The molecule has 2 aromatic carbocycles. The number of benzene rings is 2. The van der Waals surface area contributed by atoms with Crippen molar-refractivity contribution >= 4 is 23.4 Å². The molecule has 1 saturated heterocycles. The number of piperazine rings is 1. The predicted octanol–water partition coefficient (Wildman–Crippen LogP) is -0.0804. The number of hydrogen-bond donors (Lipinski definition) is 2. The van der Waals surface area contributed by atoms with Crippen LogP contribution in [-0.2, 0) is 6.54 Å². The summed E-state index contributed by atoms with van der Waals surface area (Å²) >= 11 is 6.07. The zero-order valence-corrected chi connectivity index (χ0v) is 16.0. The SMILES string of the molecule is O=C1c2ccccc2C(=O)N1CC[NH+]1CC[NH+](Cc2cccc(Cl)c2)CC1. The summed E-state index contributed by atoms with van der Waals surface area (Å²) in [6.07, 6.45) is 0. The normalized spacial score (nSPS) is 22.2. The fourth-order valence-electron chi connectivity index (χ4n) is 4.03. The number of nitrogens with one attached hydrogen (secondary N) is 2. The van der Waals surface area contributed by atoms with Crippen LogP contribution in [-0.4, -0.2) is 56.0 Å². The van der Waals surface area contributed by atoms with Gasteiger partial charge >= 0.3 is 0 Å². The molecule has 0 atom stereocenters. The number of hydrogen-bond acceptors (Lipinski definition) is 2. The first kappa shape index (κ1) is 18.2. The summed E-state index contributed by atoms with van der Waals surface area (Å²) < 4.78 is 0. The Balaban J connectivity index is 1.27. The molecule has 0 aliphatic carbocycles. The maximum atomic E-state index is 12.4. The highest BCUT2D eigenvalue weighted by atomic mass is 35.5. The quantitative estimate of drug-likeness (QED) is 0.707. The summed E-state index contributed by atoms with van der Waals surface area (Å²) in [5, 5.41) is 0.789. The molecular formula is C21H24ClN3O2+2. The van der Waals surface area contributed by atoms with Gasteiger partial charge in [-0.1, -0.05) is 35.9 Å². The number of rotatable bonds is 5. The molecule has 0 unspecified atom stereocenters. The number of carbonyl (C=O) groups is 2. The lowest BCUT2D eigenvalue weighted by Crippen LogP contribution is -3.27. The van der Waals surface area contributed by atoms with Crippen LogP contribution in [0.1, 0.15) is 26.3 Å². The molecule has 27 heavy (non-hydrogen) atoms. The van der Waals surface area contributed by atoms with Crippen LogP contribution in [0.5, 0.6) is 0 Å². The van der Waals surface area contributed by atoms with Crippen LogP contribution in [0.4, 0.5) is 0 Å². The van der Waals surface area contributed by atoms with E-state index in [0.717, 1.165) is 44.3 Å². The molecule has 2 aliphatic rings. The number of quaternary nitrogens is 2. The van der Waals surface area contributed by atoms with Crippen LogP contribution in [0.15, 0.2) is 48.5 Å². The molecule has 2 N–H and O–H groups in total. The van der Waals surface area contributed by atoms with Gasteiger partial charge in [0.1, 0.15) is 32.7 Å². The lowest BCUT2D eigenvalue weighted by atomic mass is 10.1. The van der Waals surface area contributed by atoms with Gasteiger partial charge in [0.2, 0.25) is 0 Å². The zero-order chi connectivity index (χ0) is 18.8. The van der Waals surface area contributed by atoms with Crippen molar-refractivity contribution in [2.45, 2.75) is 6.54 Å². The first-order valence-electron chi connectivity index (χ1n) is 9.48. The van der Waals surface area contributed by atoms with E-state index in [-0.39, 0.29) is 11.8 Å². The highest BCUT2D eigenvalue weighted by molar-refractivity contribution is 6.30. The monoisotopic (exact) mass is 385 g/mol. The van der Waals surface area contributed by atoms with E-state index < -0.39 is 0 Å². The number of imide groups is 1. The van der Waals surface area contributed by atoms with Crippen molar-refractivity contribution in [1.82, 2.24) is 4.90 Å². The molecule has 0 radical (unpaired) electrons. The molecule has 0 bridgehead atoms. The largest absolute Gasteiger partial charge is 0.324 e. The van der Waals surface area contributed by atoms with E-state index in [4.69, 9.17) is 11.6 Å². The molecule has 4 rings (SSSR count). The van der Waals surface area contributed by atoms with Gasteiger partial charge in [-0.2, -0.15) is 0 Å². The van der Waals surface area contributed by atoms with Crippen molar-refractivity contribution in [3.05, 3.63) is 70.2 Å². The first-order chi connectivity index (χ1) is 13.1. The van der Waals surface area contributed by atoms with Gasteiger partial charge in [0.15, 0.2) is 0 Å². The van der Waals surface area contributed by atoms with Gasteiger partial charge in [-0.25, -0.2) is 0 Å². The minimum atomic E-state index is -0.153. The van der Waals surface area contributed by atoms with Gasteiger partial charge in [0, 0.05) is 10.6 Å². The summed E-state index contributed by atoms with van der Waals surface area (Å²) in [5.41, 5.74) is 2.34. The number of amides is 2. The third kappa shape index (κ3) is 3.90. The minimum absolute atomic E-state index is 0.153. The fraction of sp³-hybridized carbons (Fsp3) is 0.333. The number of fused-ring (bicyclic) bond motifs is 1. The number of carbonyl (C=O) groups excluding carboxylic acids is 2. The van der Waals surface area contributed by atoms with Gasteiger partial charge in [-0.15, -0.1) is 0 Å². The van der Waals surface area contributed by atoms with Gasteiger partial charge in [-0.3, -0.25) is 14.5 Å². The Morgan fingerprint density at radius 2 is 1.48 bits per heavy atom. The average molecular weight is 386 g/mol. The molecule has 6 heteroatoms. The van der Waals surface area contributed by atoms with Crippen LogP contribution in [0, 0.1) is 0 Å². The smallest absolute Gasteiger partial charge is 0.261 e. The van der Waals surface area contributed by atoms with E-state index in [2.05, 4.69) is 6.07 Å². The highest BCUT2D eigenvalue weighted by Gasteiger charge is 2.36. The maximum Gasteiger partial charge on any atom is 0.261 e. The second kappa shape index (κ2) is 7.80. The molecule has 5 nitrogen and oxygen atoms in total. The van der Waals surface area contributed by atoms with Crippen LogP contribution in [0.2, 0.25) is 5.02 Å². The van der Waals surface area contributed by atoms with Gasteiger partial charge in [0.25, 0.3) is 11.8 Å². The molecule has 0 saturated carbocycles. The zero-order valence-electron chi connectivity index (χ0n) is 15.2. The Labute approximate surface area is 164 Å². The Morgan fingerprint density at radius 1 is 0.852 bits per heavy atom. The Bertz CT molecular complexity index is 827. The predicted molar refractivity (Wildman–Crippen MR) is 103 cm³/mol. The van der Waals surface area contributed by atoms with Crippen molar-refractivity contribution in [2.24, 2.45) is 0 Å². The van der Waals surface area contributed by atoms with Crippen molar-refractivity contribution in [3.8, 4) is 0 Å². The van der Waals surface area contributed by atoms with Crippen molar-refractivity contribution in [1.29, 1.82) is 0 Å². The van der Waals surface area contributed by atoms with Gasteiger partial charge in [-0.05, 0) is 24.3 Å². The summed E-state index contributed by atoms with van der Waals surface area (Å²) in [5.74, 6) is -0.305. The summed E-state index contributed by atoms with van der Waals surface area (Å²) in [6.45, 7) is 6.58. The molecule has 2 aromatic rings. The molecule has 2 amide bonds. The number of halogens is 1. The molecule has 1 fully saturated rings. The Kier molecular flexibility index (Phi) is 5.25. The van der Waals surface area contributed by atoms with Gasteiger partial charge < -0.3 is 9.80 Å². The molecule has 0 spiro atoms. The van der Waals surface area contributed by atoms with Crippen molar-refractivity contribution in [2.75, 3.05) is 39.3 Å². The van der Waals surface area contributed by atoms with Crippen molar-refractivity contribution < 1.29 is 19.4 Å². The standard InChI is InChI=1S/C21H22ClN3O2/c22-17-5-3-4-16(14-17)15-24-10-8-23(9-11-24)12-13-25-20(26)18-6-1-2-7-19(18)21(25)27/h1-7,14H,8-13,15H2/p+2. The van der Waals surface area contributed by atoms with E-state index in [1.165, 1.54) is 15.4 Å². The minimum Gasteiger partial charge on any atom is -0.324 e. The highest BCUT2D eigenvalue weighted by Crippen LogP contribution is 2.21. The fourth-order valence-corrected chi connectivity index (χ4v) is 4.24. The summed E-state index contributed by atoms with van der Waals surface area (Å²) in [6, 6.07) is 15.2. The van der Waals surface area contributed by atoms with E-state index in [1.54, 1.807) is 29.2 Å². The van der Waals surface area contributed by atoms with Crippen molar-refractivity contribution in [3.63, 3.8) is 0 Å². The van der Waals surface area contributed by atoms with E-state index in [0.29, 0.717) is 17.7 Å². The van der Waals surface area contributed by atoms with Gasteiger partial charge in [0.05, 0.1) is 24.2 Å².